The number of rotatable bonds is 46. The van der Waals surface area contributed by atoms with Crippen LogP contribution in [0.25, 0.3) is 0 Å². The third-order valence-corrected chi connectivity index (χ3v) is 13.6. The van der Waals surface area contributed by atoms with E-state index in [2.05, 4.69) is 29.8 Å². The number of ether oxygens (including phenoxy) is 5. The van der Waals surface area contributed by atoms with Crippen LogP contribution < -0.4 is 16.0 Å². The third kappa shape index (κ3) is 49.7. The number of alkyl carbamates (subject to hydrolysis) is 2. The molecule has 1 unspecified atom stereocenters. The summed E-state index contributed by atoms with van der Waals surface area (Å²) >= 11 is 18.5. The first kappa shape index (κ1) is 72.6. The summed E-state index contributed by atoms with van der Waals surface area (Å²) in [6.07, 6.45) is 32.5. The van der Waals surface area contributed by atoms with Crippen LogP contribution in [-0.2, 0) is 42.9 Å². The fourth-order valence-electron chi connectivity index (χ4n) is 8.11. The number of unbranched alkanes of at least 4 members (excludes halogenated alkanes) is 27. The summed E-state index contributed by atoms with van der Waals surface area (Å²) < 4.78 is 25.5. The summed E-state index contributed by atoms with van der Waals surface area (Å²) in [5, 5.41) is 7.88. The highest BCUT2D eigenvalue weighted by Gasteiger charge is 2.32. The molecular weight excluding hydrogens is 1040 g/mol. The van der Waals surface area contributed by atoms with Crippen molar-refractivity contribution < 1.29 is 52.5 Å². The summed E-state index contributed by atoms with van der Waals surface area (Å²) in [7, 11) is 0. The first-order chi connectivity index (χ1) is 35.5. The second kappa shape index (κ2) is 45.5. The van der Waals surface area contributed by atoms with Gasteiger partial charge in [-0.3, -0.25) is 14.4 Å². The first-order valence-corrected chi connectivity index (χ1v) is 31.3. The van der Waals surface area contributed by atoms with Gasteiger partial charge in [0.25, 0.3) is 0 Å². The molecule has 0 aliphatic carbocycles. The second-order valence-electron chi connectivity index (χ2n) is 22.1. The zero-order chi connectivity index (χ0) is 56.2. The molecule has 14 nitrogen and oxygen atoms in total. The quantitative estimate of drug-likeness (QED) is 0.0227. The van der Waals surface area contributed by atoms with Crippen molar-refractivity contribution >= 4 is 82.6 Å². The minimum absolute atomic E-state index is 0.0690. The third-order valence-electron chi connectivity index (χ3n) is 12.1. The lowest BCUT2D eigenvalue weighted by molar-refractivity contribution is -0.160. The molecule has 0 aliphatic heterocycles. The summed E-state index contributed by atoms with van der Waals surface area (Å²) in [6, 6.07) is -2.66. The first-order valence-electron chi connectivity index (χ1n) is 29.0. The Hall–Kier alpha value is -2.36. The van der Waals surface area contributed by atoms with E-state index in [0.717, 1.165) is 50.3 Å². The molecule has 440 valence electrons. The van der Waals surface area contributed by atoms with Gasteiger partial charge in [0.1, 0.15) is 42.6 Å². The van der Waals surface area contributed by atoms with Gasteiger partial charge < -0.3 is 39.6 Å². The molecule has 0 aromatic heterocycles. The van der Waals surface area contributed by atoms with E-state index in [9.17, 15) is 28.8 Å². The highest BCUT2D eigenvalue weighted by Crippen LogP contribution is 2.26. The standard InChI is InChI=1S/C57H104Cl3N3O11S/c1-9-11-13-15-17-19-21-23-24-25-27-29-31-33-35-37-41-61-53(68)70-42-46(72-49(64)38-36-34-32-30-28-26-22-20-18-16-14-12-10-2)43-75-44-48(63-54(69)71-45-57(58,59)60)51(66)62-47(52(67)74-56(6,7)8)39-40-50(65)73-55(3,4)5/h46-48H,9-45H2,1-8H3,(H,61,68)(H,62,66)(H,63,69)/t46-,47-,48?/m1/s1. The molecule has 18 heteroatoms. The van der Waals surface area contributed by atoms with Gasteiger partial charge in [-0.05, 0) is 60.8 Å². The summed E-state index contributed by atoms with van der Waals surface area (Å²) in [4.78, 5) is 78.9. The average Bonchev–Trinajstić information content (AvgIpc) is 3.32. The molecule has 0 spiro atoms. The number of halogens is 3. The molecule has 0 bridgehead atoms. The van der Waals surface area contributed by atoms with Crippen LogP contribution in [0.1, 0.15) is 261 Å². The van der Waals surface area contributed by atoms with Crippen molar-refractivity contribution in [1.82, 2.24) is 16.0 Å². The maximum absolute atomic E-state index is 13.9. The fraction of sp³-hybridized carbons (Fsp3) is 0.895. The zero-order valence-corrected chi connectivity index (χ0v) is 51.0. The van der Waals surface area contributed by atoms with E-state index in [1.165, 1.54) is 141 Å². The number of hydrogen-bond acceptors (Lipinski definition) is 12. The molecule has 0 saturated heterocycles. The highest BCUT2D eigenvalue weighted by molar-refractivity contribution is 7.99. The van der Waals surface area contributed by atoms with Crippen molar-refractivity contribution in [3.63, 3.8) is 0 Å². The van der Waals surface area contributed by atoms with Crippen LogP contribution in [0.3, 0.4) is 0 Å². The van der Waals surface area contributed by atoms with Gasteiger partial charge in [-0.1, -0.05) is 222 Å². The molecule has 3 N–H and O–H groups in total. The van der Waals surface area contributed by atoms with E-state index >= 15 is 0 Å². The van der Waals surface area contributed by atoms with Gasteiger partial charge >= 0.3 is 30.1 Å². The Bertz CT molecular complexity index is 1510. The Morgan fingerprint density at radius 3 is 1.36 bits per heavy atom. The lowest BCUT2D eigenvalue weighted by Gasteiger charge is -2.27. The van der Waals surface area contributed by atoms with Gasteiger partial charge in [0, 0.05) is 30.9 Å². The molecule has 0 fully saturated rings. The minimum atomic E-state index is -1.94. The lowest BCUT2D eigenvalue weighted by Crippen LogP contribution is -2.54. The molecule has 3 amide bonds. The molecule has 0 aromatic carbocycles. The SMILES string of the molecule is CCCCCCCCCCCCCCCCCCNC(=O)OC[C@H](CSCC(NC(=O)OCC(Cl)(Cl)Cl)C(=O)N[C@H](CCC(=O)OC(C)(C)C)C(=O)OC(C)(C)C)OC(=O)CCCCCCCCCCCCCCC. The van der Waals surface area contributed by atoms with Crippen LogP contribution in [0.4, 0.5) is 9.59 Å². The zero-order valence-electron chi connectivity index (χ0n) is 47.9. The van der Waals surface area contributed by atoms with Gasteiger partial charge in [-0.2, -0.15) is 11.8 Å². The van der Waals surface area contributed by atoms with Crippen LogP contribution in [0.15, 0.2) is 0 Å². The van der Waals surface area contributed by atoms with Crippen LogP contribution >= 0.6 is 46.6 Å². The molecule has 0 aliphatic rings. The number of nitrogens with one attached hydrogen (secondary N) is 3. The number of thioether (sulfide) groups is 1. The Morgan fingerprint density at radius 1 is 0.480 bits per heavy atom. The Labute approximate surface area is 473 Å². The number of carbonyl (C=O) groups excluding carboxylic acids is 6. The van der Waals surface area contributed by atoms with E-state index in [0.29, 0.717) is 13.0 Å². The summed E-state index contributed by atoms with van der Waals surface area (Å²) in [5.41, 5.74) is -1.70. The lowest BCUT2D eigenvalue weighted by atomic mass is 10.0. The van der Waals surface area contributed by atoms with E-state index in [1.807, 2.05) is 0 Å². The Kier molecular flexibility index (Phi) is 44.1. The largest absolute Gasteiger partial charge is 0.460 e. The van der Waals surface area contributed by atoms with Crippen LogP contribution in [0, 0.1) is 0 Å². The molecule has 3 atom stereocenters. The van der Waals surface area contributed by atoms with Gasteiger partial charge in [-0.25, -0.2) is 14.4 Å². The fourth-order valence-corrected chi connectivity index (χ4v) is 9.31. The van der Waals surface area contributed by atoms with Crippen molar-refractivity contribution in [2.45, 2.75) is 294 Å². The molecule has 0 saturated carbocycles. The highest BCUT2D eigenvalue weighted by atomic mass is 35.6. The summed E-state index contributed by atoms with van der Waals surface area (Å²) in [5.74, 6) is -2.69. The molecule has 0 rings (SSSR count). The van der Waals surface area contributed by atoms with Gasteiger partial charge in [0.2, 0.25) is 9.70 Å². The number of hydrogen-bond donors (Lipinski definition) is 3. The number of esters is 3. The van der Waals surface area contributed by atoms with Crippen LogP contribution in [0.2, 0.25) is 0 Å². The maximum atomic E-state index is 13.9. The van der Waals surface area contributed by atoms with E-state index in [4.69, 9.17) is 58.5 Å². The number of amides is 3. The molecule has 0 aromatic rings. The predicted molar refractivity (Wildman–Crippen MR) is 308 cm³/mol. The normalized spacial score (nSPS) is 13.1. The Morgan fingerprint density at radius 2 is 0.920 bits per heavy atom. The van der Waals surface area contributed by atoms with Gasteiger partial charge in [-0.15, -0.1) is 0 Å². The minimum Gasteiger partial charge on any atom is -0.460 e. The van der Waals surface area contributed by atoms with Crippen molar-refractivity contribution in [2.24, 2.45) is 0 Å². The van der Waals surface area contributed by atoms with Crippen molar-refractivity contribution in [3.05, 3.63) is 0 Å². The molecule has 0 heterocycles. The maximum Gasteiger partial charge on any atom is 0.407 e. The van der Waals surface area contributed by atoms with E-state index < -0.39 is 75.8 Å². The number of alkyl halides is 3. The van der Waals surface area contributed by atoms with Crippen molar-refractivity contribution in [3.8, 4) is 0 Å². The topological polar surface area (TPSA) is 185 Å². The van der Waals surface area contributed by atoms with Gasteiger partial charge in [0.15, 0.2) is 0 Å². The van der Waals surface area contributed by atoms with Gasteiger partial charge in [0.05, 0.1) is 0 Å². The van der Waals surface area contributed by atoms with Crippen LogP contribution in [-0.4, -0.2) is 100 Å². The smallest absolute Gasteiger partial charge is 0.407 e. The Balaban J connectivity index is 5.56. The van der Waals surface area contributed by atoms with E-state index in [-0.39, 0.29) is 37.4 Å². The predicted octanol–water partition coefficient (Wildman–Crippen LogP) is 15.5. The second-order valence-corrected chi connectivity index (χ2v) is 25.7. The molecule has 75 heavy (non-hydrogen) atoms. The average molecular weight is 1150 g/mol. The molecular formula is C57H104Cl3N3O11S. The van der Waals surface area contributed by atoms with Crippen LogP contribution in [0.5, 0.6) is 0 Å². The van der Waals surface area contributed by atoms with Crippen molar-refractivity contribution in [2.75, 3.05) is 31.3 Å². The summed E-state index contributed by atoms with van der Waals surface area (Å²) in [6.45, 7) is 14.2. The molecule has 0 radical (unpaired) electrons. The number of carbonyl (C=O) groups is 6. The van der Waals surface area contributed by atoms with Crippen molar-refractivity contribution in [1.29, 1.82) is 0 Å². The van der Waals surface area contributed by atoms with E-state index in [1.54, 1.807) is 41.5 Å². The monoisotopic (exact) mass is 1140 g/mol.